The molecule has 1 aliphatic carbocycles. The molecule has 1 aliphatic rings. The zero-order valence-electron chi connectivity index (χ0n) is 12.2. The minimum Gasteiger partial charge on any atom is -0.376 e. The first-order valence-corrected chi connectivity index (χ1v) is 7.89. The van der Waals surface area contributed by atoms with Crippen LogP contribution in [0.1, 0.15) is 38.3 Å². The summed E-state index contributed by atoms with van der Waals surface area (Å²) in [5.74, 6) is 0. The Morgan fingerprint density at radius 3 is 2.85 bits per heavy atom. The summed E-state index contributed by atoms with van der Waals surface area (Å²) in [6.45, 7) is 6.47. The van der Waals surface area contributed by atoms with Crippen molar-refractivity contribution < 1.29 is 4.74 Å². The fourth-order valence-electron chi connectivity index (χ4n) is 3.05. The Morgan fingerprint density at radius 2 is 2.15 bits per heavy atom. The van der Waals surface area contributed by atoms with Gasteiger partial charge in [-0.05, 0) is 38.9 Å². The van der Waals surface area contributed by atoms with Crippen LogP contribution in [0, 0.1) is 11.7 Å². The van der Waals surface area contributed by atoms with E-state index in [-0.39, 0.29) is 0 Å². The van der Waals surface area contributed by atoms with E-state index in [0.29, 0.717) is 6.10 Å². The number of aryl methyl sites for hydroxylation is 2. The number of aromatic amines is 1. The van der Waals surface area contributed by atoms with E-state index in [1.54, 1.807) is 0 Å². The highest BCUT2D eigenvalue weighted by atomic mass is 32.1. The fourth-order valence-corrected chi connectivity index (χ4v) is 3.33. The summed E-state index contributed by atoms with van der Waals surface area (Å²) in [6.07, 6.45) is 5.48. The molecule has 2 aromatic heterocycles. The van der Waals surface area contributed by atoms with Crippen molar-refractivity contribution in [2.75, 3.05) is 6.61 Å². The molecule has 5 nitrogen and oxygen atoms in total. The molecule has 1 fully saturated rings. The van der Waals surface area contributed by atoms with Gasteiger partial charge in [-0.15, -0.1) is 0 Å². The number of rotatable bonds is 5. The van der Waals surface area contributed by atoms with E-state index in [1.165, 1.54) is 25.7 Å². The highest BCUT2D eigenvalue weighted by molar-refractivity contribution is 7.71. The molecule has 1 saturated carbocycles. The van der Waals surface area contributed by atoms with Crippen LogP contribution in [0.5, 0.6) is 0 Å². The monoisotopic (exact) mass is 294 g/mol. The molecule has 0 aliphatic heterocycles. The van der Waals surface area contributed by atoms with Crippen molar-refractivity contribution in [2.45, 2.75) is 58.7 Å². The van der Waals surface area contributed by atoms with Crippen LogP contribution in [0.3, 0.4) is 0 Å². The van der Waals surface area contributed by atoms with E-state index >= 15 is 0 Å². The third-order valence-electron chi connectivity index (χ3n) is 4.10. The van der Waals surface area contributed by atoms with Gasteiger partial charge in [0.05, 0.1) is 24.9 Å². The molecular formula is C14H22N4OS. The number of nitrogens with zero attached hydrogens (tertiary/aromatic N) is 3. The summed E-state index contributed by atoms with van der Waals surface area (Å²) < 4.78 is 10.8. The number of hydrogen-bond acceptors (Lipinski definition) is 3. The first-order chi connectivity index (χ1) is 9.70. The van der Waals surface area contributed by atoms with Crippen LogP contribution in [0.15, 0.2) is 0 Å². The third-order valence-corrected chi connectivity index (χ3v) is 4.43. The van der Waals surface area contributed by atoms with Crippen molar-refractivity contribution in [3.8, 4) is 0 Å². The van der Waals surface area contributed by atoms with Crippen molar-refractivity contribution >= 4 is 23.4 Å². The zero-order chi connectivity index (χ0) is 14.1. The van der Waals surface area contributed by atoms with E-state index in [0.717, 1.165) is 41.3 Å². The Labute approximate surface area is 123 Å². The van der Waals surface area contributed by atoms with Gasteiger partial charge in [-0.25, -0.2) is 4.68 Å². The normalized spacial score (nSPS) is 16.5. The van der Waals surface area contributed by atoms with Gasteiger partial charge in [0.15, 0.2) is 10.4 Å². The maximum absolute atomic E-state index is 5.95. The SMILES string of the molecule is CCn1nc(C)c2[nH]c(=S)n(CCOC3CCCC3)c21. The van der Waals surface area contributed by atoms with Crippen molar-refractivity contribution in [1.82, 2.24) is 19.3 Å². The molecule has 6 heteroatoms. The summed E-state index contributed by atoms with van der Waals surface area (Å²) in [6, 6.07) is 0. The van der Waals surface area contributed by atoms with Crippen molar-refractivity contribution in [3.05, 3.63) is 10.5 Å². The van der Waals surface area contributed by atoms with Crippen molar-refractivity contribution in [1.29, 1.82) is 0 Å². The van der Waals surface area contributed by atoms with Gasteiger partial charge in [0.2, 0.25) is 0 Å². The number of fused-ring (bicyclic) bond motifs is 1. The van der Waals surface area contributed by atoms with Crippen LogP contribution in [0.25, 0.3) is 11.2 Å². The topological polar surface area (TPSA) is 47.8 Å². The van der Waals surface area contributed by atoms with Gasteiger partial charge in [-0.1, -0.05) is 12.8 Å². The van der Waals surface area contributed by atoms with E-state index in [4.69, 9.17) is 17.0 Å². The molecule has 0 spiro atoms. The van der Waals surface area contributed by atoms with Gasteiger partial charge in [0, 0.05) is 6.54 Å². The largest absolute Gasteiger partial charge is 0.376 e. The lowest BCUT2D eigenvalue weighted by Gasteiger charge is -2.12. The zero-order valence-corrected chi connectivity index (χ0v) is 13.0. The standard InChI is InChI=1S/C14H22N4OS/c1-3-18-13-12(10(2)16-18)15-14(20)17(13)8-9-19-11-6-4-5-7-11/h11H,3-9H2,1-2H3,(H,15,20). The summed E-state index contributed by atoms with van der Waals surface area (Å²) >= 11 is 5.43. The van der Waals surface area contributed by atoms with Crippen molar-refractivity contribution in [2.24, 2.45) is 0 Å². The van der Waals surface area contributed by atoms with Crippen LogP contribution in [-0.2, 0) is 17.8 Å². The van der Waals surface area contributed by atoms with Crippen LogP contribution in [0.2, 0.25) is 0 Å². The predicted molar refractivity (Wildman–Crippen MR) is 81.5 cm³/mol. The molecule has 110 valence electrons. The molecule has 0 atom stereocenters. The maximum Gasteiger partial charge on any atom is 0.179 e. The molecule has 0 amide bonds. The first kappa shape index (κ1) is 13.8. The van der Waals surface area contributed by atoms with Crippen LogP contribution >= 0.6 is 12.2 Å². The molecule has 0 saturated heterocycles. The molecule has 0 radical (unpaired) electrons. The molecule has 3 rings (SSSR count). The molecule has 0 unspecified atom stereocenters. The van der Waals surface area contributed by atoms with Crippen LogP contribution < -0.4 is 0 Å². The lowest BCUT2D eigenvalue weighted by atomic mass is 10.3. The average Bonchev–Trinajstić information content (AvgIpc) is 3.11. The summed E-state index contributed by atoms with van der Waals surface area (Å²) in [7, 11) is 0. The minimum atomic E-state index is 0.455. The van der Waals surface area contributed by atoms with Crippen LogP contribution in [0.4, 0.5) is 0 Å². The molecule has 2 heterocycles. The molecule has 20 heavy (non-hydrogen) atoms. The number of H-pyrrole nitrogens is 1. The highest BCUT2D eigenvalue weighted by Gasteiger charge is 2.17. The molecule has 0 bridgehead atoms. The second kappa shape index (κ2) is 5.69. The van der Waals surface area contributed by atoms with Crippen LogP contribution in [-0.4, -0.2) is 32.0 Å². The smallest absolute Gasteiger partial charge is 0.179 e. The molecule has 0 aromatic carbocycles. The number of aromatic nitrogens is 4. The van der Waals surface area contributed by atoms with Gasteiger partial charge in [0.1, 0.15) is 5.52 Å². The Balaban J connectivity index is 1.79. The van der Waals surface area contributed by atoms with E-state index < -0.39 is 0 Å². The van der Waals surface area contributed by atoms with Gasteiger partial charge in [-0.2, -0.15) is 5.10 Å². The number of hydrogen-bond donors (Lipinski definition) is 1. The lowest BCUT2D eigenvalue weighted by Crippen LogP contribution is -2.14. The second-order valence-corrected chi connectivity index (χ2v) is 5.85. The number of ether oxygens (including phenoxy) is 1. The van der Waals surface area contributed by atoms with Gasteiger partial charge in [0.25, 0.3) is 0 Å². The first-order valence-electron chi connectivity index (χ1n) is 7.48. The van der Waals surface area contributed by atoms with E-state index in [1.807, 2.05) is 11.6 Å². The van der Waals surface area contributed by atoms with E-state index in [2.05, 4.69) is 21.6 Å². The quantitative estimate of drug-likeness (QED) is 0.862. The fraction of sp³-hybridized carbons (Fsp3) is 0.714. The summed E-state index contributed by atoms with van der Waals surface area (Å²) in [4.78, 5) is 3.27. The van der Waals surface area contributed by atoms with E-state index in [9.17, 15) is 0 Å². The lowest BCUT2D eigenvalue weighted by molar-refractivity contribution is 0.0531. The molecule has 1 N–H and O–H groups in total. The predicted octanol–water partition coefficient (Wildman–Crippen LogP) is 3.18. The maximum atomic E-state index is 5.95. The average molecular weight is 294 g/mol. The van der Waals surface area contributed by atoms with Gasteiger partial charge >= 0.3 is 0 Å². The Kier molecular flexibility index (Phi) is 3.94. The highest BCUT2D eigenvalue weighted by Crippen LogP contribution is 2.21. The second-order valence-electron chi connectivity index (χ2n) is 5.46. The minimum absolute atomic E-state index is 0.455. The number of imidazole rings is 1. The number of nitrogens with one attached hydrogen (secondary N) is 1. The molecule has 2 aromatic rings. The third kappa shape index (κ3) is 2.42. The van der Waals surface area contributed by atoms with Crippen molar-refractivity contribution in [3.63, 3.8) is 0 Å². The Bertz CT molecular complexity index is 648. The summed E-state index contributed by atoms with van der Waals surface area (Å²) in [5, 5.41) is 4.53. The Hall–Kier alpha value is -1.14. The summed E-state index contributed by atoms with van der Waals surface area (Å²) in [5.41, 5.74) is 3.14. The Morgan fingerprint density at radius 1 is 1.40 bits per heavy atom. The van der Waals surface area contributed by atoms with Gasteiger partial charge < -0.3 is 9.72 Å². The van der Waals surface area contributed by atoms with Gasteiger partial charge in [-0.3, -0.25) is 4.57 Å². The molecular weight excluding hydrogens is 272 g/mol.